The number of aromatic nitrogens is 1. The molecule has 1 aliphatic heterocycles. The predicted octanol–water partition coefficient (Wildman–Crippen LogP) is 5.80. The molecular weight excluding hydrogens is 392 g/mol. The Morgan fingerprint density at radius 3 is 2.83 bits per heavy atom. The molecule has 30 heavy (non-hydrogen) atoms. The Hall–Kier alpha value is -2.27. The van der Waals surface area contributed by atoms with E-state index in [2.05, 4.69) is 59.9 Å². The third kappa shape index (κ3) is 3.33. The Kier molecular flexibility index (Phi) is 4.51. The van der Waals surface area contributed by atoms with Crippen LogP contribution in [-0.2, 0) is 6.54 Å². The molecule has 5 rings (SSSR count). The molecule has 2 aliphatic rings. The summed E-state index contributed by atoms with van der Waals surface area (Å²) >= 11 is 1.70. The van der Waals surface area contributed by atoms with Crippen LogP contribution in [0.4, 0.5) is 0 Å². The zero-order valence-electron chi connectivity index (χ0n) is 18.3. The number of methoxy groups -OCH3 is 1. The van der Waals surface area contributed by atoms with Gasteiger partial charge in [0.1, 0.15) is 16.3 Å². The molecule has 1 saturated heterocycles. The molecule has 0 spiro atoms. The minimum absolute atomic E-state index is 0.188. The van der Waals surface area contributed by atoms with E-state index in [-0.39, 0.29) is 11.3 Å². The van der Waals surface area contributed by atoms with Crippen molar-refractivity contribution in [3.05, 3.63) is 53.0 Å². The van der Waals surface area contributed by atoms with Crippen molar-refractivity contribution in [1.29, 1.82) is 0 Å². The van der Waals surface area contributed by atoms with Gasteiger partial charge in [-0.3, -0.25) is 4.79 Å². The second kappa shape index (κ2) is 6.88. The molecule has 1 aliphatic carbocycles. The number of carbonyl (C=O) groups is 1. The highest BCUT2D eigenvalue weighted by Gasteiger charge is 2.51. The number of carbonyl (C=O) groups excluding carboxylic acids is 1. The van der Waals surface area contributed by atoms with E-state index in [9.17, 15) is 4.79 Å². The van der Waals surface area contributed by atoms with Crippen molar-refractivity contribution >= 4 is 27.5 Å². The first kappa shape index (κ1) is 19.7. The molecule has 1 saturated carbocycles. The van der Waals surface area contributed by atoms with Gasteiger partial charge in [-0.2, -0.15) is 0 Å². The average molecular weight is 423 g/mol. The van der Waals surface area contributed by atoms with E-state index in [1.807, 2.05) is 12.1 Å². The number of likely N-dealkylation sites (tertiary alicyclic amines) is 1. The van der Waals surface area contributed by atoms with Crippen molar-refractivity contribution in [1.82, 2.24) is 9.47 Å². The van der Waals surface area contributed by atoms with Gasteiger partial charge >= 0.3 is 0 Å². The van der Waals surface area contributed by atoms with E-state index in [4.69, 9.17) is 4.74 Å². The fraction of sp³-hybridized carbons (Fsp3) is 0.480. The lowest BCUT2D eigenvalue weighted by atomic mass is 9.65. The normalized spacial score (nSPS) is 25.1. The smallest absolute Gasteiger partial charge is 0.270 e. The Morgan fingerprint density at radius 2 is 2.03 bits per heavy atom. The monoisotopic (exact) mass is 422 g/mol. The molecule has 3 aromatic rings. The zero-order valence-corrected chi connectivity index (χ0v) is 19.1. The van der Waals surface area contributed by atoms with E-state index in [1.54, 1.807) is 18.4 Å². The van der Waals surface area contributed by atoms with Crippen molar-refractivity contribution in [3.63, 3.8) is 0 Å². The van der Waals surface area contributed by atoms with Gasteiger partial charge in [-0.1, -0.05) is 32.9 Å². The van der Waals surface area contributed by atoms with E-state index in [1.165, 1.54) is 6.42 Å². The van der Waals surface area contributed by atoms with Gasteiger partial charge < -0.3 is 14.2 Å². The highest BCUT2D eigenvalue weighted by molar-refractivity contribution is 7.16. The number of hydrogen-bond acceptors (Lipinski definition) is 3. The van der Waals surface area contributed by atoms with Crippen LogP contribution in [-0.4, -0.2) is 35.1 Å². The maximum atomic E-state index is 13.8. The molecule has 3 heterocycles. The average Bonchev–Trinajstić information content (AvgIpc) is 3.33. The van der Waals surface area contributed by atoms with Crippen LogP contribution in [0, 0.1) is 10.8 Å². The summed E-state index contributed by atoms with van der Waals surface area (Å²) in [5.74, 6) is 1.03. The van der Waals surface area contributed by atoms with Crippen molar-refractivity contribution in [2.45, 2.75) is 52.6 Å². The first-order valence-corrected chi connectivity index (χ1v) is 11.7. The van der Waals surface area contributed by atoms with Crippen molar-refractivity contribution in [2.75, 3.05) is 13.7 Å². The van der Waals surface area contributed by atoms with Gasteiger partial charge in [0.25, 0.3) is 5.91 Å². The molecule has 2 atom stereocenters. The maximum Gasteiger partial charge on any atom is 0.270 e. The van der Waals surface area contributed by atoms with Gasteiger partial charge in [0, 0.05) is 24.5 Å². The molecule has 0 N–H and O–H groups in total. The molecule has 5 heteroatoms. The van der Waals surface area contributed by atoms with Crippen LogP contribution in [0.5, 0.6) is 5.75 Å². The molecule has 1 aromatic carbocycles. The molecule has 2 fully saturated rings. The zero-order chi connectivity index (χ0) is 21.1. The molecular formula is C25H30N2O2S. The third-order valence-electron chi connectivity index (χ3n) is 6.87. The van der Waals surface area contributed by atoms with Crippen molar-refractivity contribution < 1.29 is 9.53 Å². The number of fused-ring (bicyclic) bond motifs is 3. The lowest BCUT2D eigenvalue weighted by molar-refractivity contribution is 0.0698. The summed E-state index contributed by atoms with van der Waals surface area (Å²) in [4.78, 5) is 17.2. The number of amides is 1. The standard InChI is InChI=1S/C25H30N2O2S/c1-24(2)12-19-13-25(3,15-24)16-27(19)22(28)21-11-18-8-9-30-23(18)26(21)14-17-6-5-7-20(10-17)29-4/h5-11,19H,12-16H2,1-4H3. The van der Waals surface area contributed by atoms with Crippen LogP contribution in [0.2, 0.25) is 0 Å². The van der Waals surface area contributed by atoms with Gasteiger partial charge in [-0.15, -0.1) is 11.3 Å². The summed E-state index contributed by atoms with van der Waals surface area (Å²) in [7, 11) is 1.69. The second-order valence-corrected chi connectivity index (χ2v) is 11.2. The second-order valence-electron chi connectivity index (χ2n) is 10.3. The third-order valence-corrected chi connectivity index (χ3v) is 7.82. The summed E-state index contributed by atoms with van der Waals surface area (Å²) < 4.78 is 7.60. The molecule has 0 radical (unpaired) electrons. The molecule has 2 bridgehead atoms. The fourth-order valence-corrected chi connectivity index (χ4v) is 7.00. The largest absolute Gasteiger partial charge is 0.497 e. The van der Waals surface area contributed by atoms with E-state index in [0.29, 0.717) is 18.0 Å². The number of ether oxygens (including phenoxy) is 1. The highest BCUT2D eigenvalue weighted by atomic mass is 32.1. The first-order valence-electron chi connectivity index (χ1n) is 10.8. The SMILES string of the molecule is COc1cccc(Cn2c(C(=O)N3CC4(C)CC3CC(C)(C)C4)cc3ccsc32)c1. The Labute approximate surface area is 182 Å². The lowest BCUT2D eigenvalue weighted by Crippen LogP contribution is -2.38. The maximum absolute atomic E-state index is 13.8. The van der Waals surface area contributed by atoms with E-state index >= 15 is 0 Å². The first-order chi connectivity index (χ1) is 14.3. The topological polar surface area (TPSA) is 34.5 Å². The van der Waals surface area contributed by atoms with Crippen LogP contribution in [0.1, 0.15) is 56.1 Å². The number of rotatable bonds is 4. The molecule has 1 amide bonds. The minimum Gasteiger partial charge on any atom is -0.497 e. The predicted molar refractivity (Wildman–Crippen MR) is 122 cm³/mol. The van der Waals surface area contributed by atoms with E-state index < -0.39 is 0 Å². The lowest BCUT2D eigenvalue weighted by Gasteiger charge is -2.39. The van der Waals surface area contributed by atoms with Gasteiger partial charge in [-0.05, 0) is 65.3 Å². The van der Waals surface area contributed by atoms with Crippen LogP contribution in [0.25, 0.3) is 10.2 Å². The van der Waals surface area contributed by atoms with Gasteiger partial charge in [0.05, 0.1) is 7.11 Å². The molecule has 2 aromatic heterocycles. The molecule has 158 valence electrons. The van der Waals surface area contributed by atoms with Crippen LogP contribution in [0.15, 0.2) is 41.8 Å². The Morgan fingerprint density at radius 1 is 1.20 bits per heavy atom. The Bertz CT molecular complexity index is 1110. The fourth-order valence-electron chi connectivity index (χ4n) is 6.11. The number of benzene rings is 1. The highest BCUT2D eigenvalue weighted by Crippen LogP contribution is 2.52. The Balaban J connectivity index is 1.51. The van der Waals surface area contributed by atoms with Crippen molar-refractivity contribution in [3.8, 4) is 5.75 Å². The number of thiophene rings is 1. The number of hydrogen-bond donors (Lipinski definition) is 0. The molecule has 4 nitrogen and oxygen atoms in total. The summed E-state index contributed by atoms with van der Waals surface area (Å²) in [6.45, 7) is 8.61. The quantitative estimate of drug-likeness (QED) is 0.532. The van der Waals surface area contributed by atoms with Crippen molar-refractivity contribution in [2.24, 2.45) is 10.8 Å². The molecule has 2 unspecified atom stereocenters. The minimum atomic E-state index is 0.188. The summed E-state index contributed by atoms with van der Waals surface area (Å²) in [5, 5.41) is 3.26. The van der Waals surface area contributed by atoms with Crippen LogP contribution >= 0.6 is 11.3 Å². The van der Waals surface area contributed by atoms with Crippen LogP contribution < -0.4 is 4.74 Å². The van der Waals surface area contributed by atoms with Gasteiger partial charge in [0.2, 0.25) is 0 Å². The summed E-state index contributed by atoms with van der Waals surface area (Å²) in [6.07, 6.45) is 3.42. The van der Waals surface area contributed by atoms with Crippen LogP contribution in [0.3, 0.4) is 0 Å². The summed E-state index contributed by atoms with van der Waals surface area (Å²) in [6, 6.07) is 12.7. The summed E-state index contributed by atoms with van der Waals surface area (Å²) in [5.41, 5.74) is 2.50. The van der Waals surface area contributed by atoms with Gasteiger partial charge in [-0.25, -0.2) is 0 Å². The van der Waals surface area contributed by atoms with Gasteiger partial charge in [0.15, 0.2) is 0 Å². The number of nitrogens with zero attached hydrogens (tertiary/aromatic N) is 2. The van der Waals surface area contributed by atoms with E-state index in [0.717, 1.165) is 46.6 Å².